The Balaban J connectivity index is 2.36. The van der Waals surface area contributed by atoms with Crippen molar-refractivity contribution in [1.82, 2.24) is 0 Å². The topological polar surface area (TPSA) is 61.5 Å². The normalized spacial score (nSPS) is 12.1. The van der Waals surface area contributed by atoms with Crippen LogP contribution in [0, 0.1) is 0 Å². The molecule has 0 radical (unpaired) electrons. The van der Waals surface area contributed by atoms with E-state index in [0.29, 0.717) is 25.1 Å². The van der Waals surface area contributed by atoms with Crippen LogP contribution in [-0.2, 0) is 20.7 Å². The zero-order valence-electron chi connectivity index (χ0n) is 10.3. The fourth-order valence-corrected chi connectivity index (χ4v) is 1.55. The number of nitrogens with two attached hydrogens (primary N) is 1. The van der Waals surface area contributed by atoms with E-state index >= 15 is 0 Å². The molecule has 0 saturated carbocycles. The molecule has 0 aliphatic carbocycles. The van der Waals surface area contributed by atoms with Crippen molar-refractivity contribution >= 4 is 11.7 Å². The van der Waals surface area contributed by atoms with E-state index in [0.717, 1.165) is 5.56 Å². The van der Waals surface area contributed by atoms with Gasteiger partial charge in [-0.25, -0.2) is 0 Å². The summed E-state index contributed by atoms with van der Waals surface area (Å²) in [6, 6.07) is 7.53. The van der Waals surface area contributed by atoms with Gasteiger partial charge in [0.1, 0.15) is 6.10 Å². The number of ether oxygens (including phenoxy) is 2. The highest BCUT2D eigenvalue weighted by atomic mass is 16.6. The van der Waals surface area contributed by atoms with Crippen LogP contribution in [-0.4, -0.2) is 25.8 Å². The Morgan fingerprint density at radius 3 is 2.76 bits per heavy atom. The minimum Gasteiger partial charge on any atom is -0.460 e. The molecule has 2 N–H and O–H groups in total. The van der Waals surface area contributed by atoms with Crippen molar-refractivity contribution < 1.29 is 14.3 Å². The van der Waals surface area contributed by atoms with Crippen molar-refractivity contribution in [3.05, 3.63) is 29.8 Å². The second kappa shape index (κ2) is 6.91. The van der Waals surface area contributed by atoms with Crippen LogP contribution in [0.25, 0.3) is 0 Å². The van der Waals surface area contributed by atoms with Crippen LogP contribution in [0.15, 0.2) is 24.3 Å². The molecule has 1 unspecified atom stereocenters. The summed E-state index contributed by atoms with van der Waals surface area (Å²) in [5.74, 6) is -0.224. The number of nitrogen functional groups attached to an aromatic ring is 1. The molecule has 4 nitrogen and oxygen atoms in total. The molecule has 0 bridgehead atoms. The van der Waals surface area contributed by atoms with Gasteiger partial charge in [-0.1, -0.05) is 18.2 Å². The fourth-order valence-electron chi connectivity index (χ4n) is 1.55. The van der Waals surface area contributed by atoms with E-state index in [-0.39, 0.29) is 12.1 Å². The molecule has 94 valence electrons. The minimum absolute atomic E-state index is 0.208. The quantitative estimate of drug-likeness (QED) is 0.605. The third-order valence-corrected chi connectivity index (χ3v) is 2.39. The average Bonchev–Trinajstić information content (AvgIpc) is 2.28. The number of carbonyl (C=O) groups is 1. The first-order valence-corrected chi connectivity index (χ1v) is 5.65. The molecule has 0 amide bonds. The van der Waals surface area contributed by atoms with Crippen LogP contribution in [0.1, 0.15) is 18.9 Å². The first-order valence-electron chi connectivity index (χ1n) is 5.65. The van der Waals surface area contributed by atoms with Crippen LogP contribution in [0.5, 0.6) is 0 Å². The predicted molar refractivity (Wildman–Crippen MR) is 66.6 cm³/mol. The van der Waals surface area contributed by atoms with E-state index in [1.54, 1.807) is 14.0 Å². The summed E-state index contributed by atoms with van der Waals surface area (Å²) in [6.45, 7) is 2.22. The van der Waals surface area contributed by atoms with Gasteiger partial charge in [0.25, 0.3) is 0 Å². The van der Waals surface area contributed by atoms with Gasteiger partial charge in [0.2, 0.25) is 0 Å². The van der Waals surface area contributed by atoms with E-state index in [2.05, 4.69) is 0 Å². The first kappa shape index (κ1) is 13.5. The maximum atomic E-state index is 11.5. The summed E-state index contributed by atoms with van der Waals surface area (Å²) in [7, 11) is 1.58. The van der Waals surface area contributed by atoms with Gasteiger partial charge in [-0.05, 0) is 25.0 Å². The van der Waals surface area contributed by atoms with Crippen LogP contribution in [0.4, 0.5) is 5.69 Å². The first-order chi connectivity index (χ1) is 8.13. The smallest absolute Gasteiger partial charge is 0.306 e. The highest BCUT2D eigenvalue weighted by Crippen LogP contribution is 2.13. The monoisotopic (exact) mass is 237 g/mol. The van der Waals surface area contributed by atoms with Gasteiger partial charge in [0, 0.05) is 19.2 Å². The summed E-state index contributed by atoms with van der Waals surface area (Å²) in [6.07, 6.45) is 0.730. The zero-order valence-corrected chi connectivity index (χ0v) is 10.3. The van der Waals surface area contributed by atoms with Gasteiger partial charge in [-0.2, -0.15) is 0 Å². The lowest BCUT2D eigenvalue weighted by Crippen LogP contribution is -2.19. The summed E-state index contributed by atoms with van der Waals surface area (Å²) >= 11 is 0. The second-order valence-electron chi connectivity index (χ2n) is 3.95. The van der Waals surface area contributed by atoms with Gasteiger partial charge in [0.05, 0.1) is 6.61 Å². The van der Waals surface area contributed by atoms with E-state index in [1.807, 2.05) is 24.3 Å². The highest BCUT2D eigenvalue weighted by molar-refractivity contribution is 5.70. The molecule has 0 aliphatic rings. The Morgan fingerprint density at radius 1 is 1.41 bits per heavy atom. The molecule has 0 heterocycles. The van der Waals surface area contributed by atoms with Gasteiger partial charge in [-0.15, -0.1) is 0 Å². The molecule has 1 atom stereocenters. The average molecular weight is 237 g/mol. The standard InChI is InChI=1S/C13H19NO3/c1-10(9-16-2)17-13(15)8-7-11-5-3-4-6-12(11)14/h3-6,10H,7-9,14H2,1-2H3. The Labute approximate surface area is 102 Å². The van der Waals surface area contributed by atoms with Crippen LogP contribution >= 0.6 is 0 Å². The molecule has 4 heteroatoms. The van der Waals surface area contributed by atoms with Gasteiger partial charge >= 0.3 is 5.97 Å². The fraction of sp³-hybridized carbons (Fsp3) is 0.462. The largest absolute Gasteiger partial charge is 0.460 e. The number of hydrogen-bond acceptors (Lipinski definition) is 4. The Bertz CT molecular complexity index is 365. The number of methoxy groups -OCH3 is 1. The van der Waals surface area contributed by atoms with Crippen molar-refractivity contribution in [1.29, 1.82) is 0 Å². The maximum absolute atomic E-state index is 11.5. The summed E-state index contributed by atoms with van der Waals surface area (Å²) in [5.41, 5.74) is 7.47. The lowest BCUT2D eigenvalue weighted by Gasteiger charge is -2.12. The molecule has 1 rings (SSSR count). The number of anilines is 1. The Hall–Kier alpha value is -1.55. The predicted octanol–water partition coefficient (Wildman–Crippen LogP) is 1.78. The zero-order chi connectivity index (χ0) is 12.7. The van der Waals surface area contributed by atoms with Crippen molar-refractivity contribution in [2.75, 3.05) is 19.5 Å². The second-order valence-corrected chi connectivity index (χ2v) is 3.95. The Kier molecular flexibility index (Phi) is 5.49. The summed E-state index contributed by atoms with van der Waals surface area (Å²) in [4.78, 5) is 11.5. The number of para-hydroxylation sites is 1. The van der Waals surface area contributed by atoms with Crippen molar-refractivity contribution in [3.63, 3.8) is 0 Å². The van der Waals surface area contributed by atoms with Gasteiger partial charge in [-0.3, -0.25) is 4.79 Å². The molecule has 0 fully saturated rings. The number of rotatable bonds is 6. The lowest BCUT2D eigenvalue weighted by atomic mass is 10.1. The van der Waals surface area contributed by atoms with E-state index in [1.165, 1.54) is 0 Å². The van der Waals surface area contributed by atoms with Crippen molar-refractivity contribution in [3.8, 4) is 0 Å². The number of carbonyl (C=O) groups excluding carboxylic acids is 1. The molecule has 0 aromatic heterocycles. The van der Waals surface area contributed by atoms with Crippen LogP contribution in [0.2, 0.25) is 0 Å². The van der Waals surface area contributed by atoms with E-state index in [4.69, 9.17) is 15.2 Å². The molecule has 1 aromatic carbocycles. The molecule has 1 aromatic rings. The number of esters is 1. The molecule has 17 heavy (non-hydrogen) atoms. The van der Waals surface area contributed by atoms with E-state index in [9.17, 15) is 4.79 Å². The third-order valence-electron chi connectivity index (χ3n) is 2.39. The lowest BCUT2D eigenvalue weighted by molar-refractivity contribution is -0.150. The molecule has 0 aliphatic heterocycles. The van der Waals surface area contributed by atoms with Crippen LogP contribution < -0.4 is 5.73 Å². The highest BCUT2D eigenvalue weighted by Gasteiger charge is 2.09. The van der Waals surface area contributed by atoms with Crippen molar-refractivity contribution in [2.24, 2.45) is 0 Å². The summed E-state index contributed by atoms with van der Waals surface area (Å²) < 4.78 is 10.0. The number of benzene rings is 1. The molecule has 0 spiro atoms. The molecule has 0 saturated heterocycles. The van der Waals surface area contributed by atoms with Gasteiger partial charge < -0.3 is 15.2 Å². The third kappa shape index (κ3) is 4.87. The number of aryl methyl sites for hydroxylation is 1. The van der Waals surface area contributed by atoms with Crippen molar-refractivity contribution in [2.45, 2.75) is 25.9 Å². The van der Waals surface area contributed by atoms with Crippen LogP contribution in [0.3, 0.4) is 0 Å². The summed E-state index contributed by atoms with van der Waals surface area (Å²) in [5, 5.41) is 0. The Morgan fingerprint density at radius 2 is 2.12 bits per heavy atom. The number of hydrogen-bond donors (Lipinski definition) is 1. The SMILES string of the molecule is COCC(C)OC(=O)CCc1ccccc1N. The van der Waals surface area contributed by atoms with E-state index < -0.39 is 0 Å². The van der Waals surface area contributed by atoms with Gasteiger partial charge in [0.15, 0.2) is 0 Å². The minimum atomic E-state index is -0.224. The maximum Gasteiger partial charge on any atom is 0.306 e. The molecular weight excluding hydrogens is 218 g/mol. The molecular formula is C13H19NO3.